The Morgan fingerprint density at radius 3 is 2.47 bits per heavy atom. The van der Waals surface area contributed by atoms with Crippen LogP contribution in [-0.2, 0) is 42.9 Å². The van der Waals surface area contributed by atoms with Crippen LogP contribution < -0.4 is 5.73 Å². The molecule has 0 radical (unpaired) electrons. The molecule has 4 saturated heterocycles. The fourth-order valence-corrected chi connectivity index (χ4v) is 8.42. The third-order valence-corrected chi connectivity index (χ3v) is 9.38. The predicted molar refractivity (Wildman–Crippen MR) is 105 cm³/mol. The number of hydrogen-bond acceptors (Lipinski definition) is 12. The second-order valence-electron chi connectivity index (χ2n) is 11.3. The van der Waals surface area contributed by atoms with Crippen LogP contribution in [0, 0.1) is 28.1 Å². The summed E-state index contributed by atoms with van der Waals surface area (Å²) >= 11 is 0. The summed E-state index contributed by atoms with van der Waals surface area (Å²) in [7, 11) is 0. The van der Waals surface area contributed by atoms with E-state index in [1.807, 2.05) is 20.8 Å². The molecule has 0 aromatic heterocycles. The van der Waals surface area contributed by atoms with Gasteiger partial charge in [0.15, 0.2) is 11.7 Å². The van der Waals surface area contributed by atoms with Crippen LogP contribution in [-0.4, -0.2) is 82.5 Å². The number of nitrogens with two attached hydrogens (primary N) is 1. The Morgan fingerprint density at radius 1 is 1.18 bits per heavy atom. The maximum atomic E-state index is 13.6. The van der Waals surface area contributed by atoms with Gasteiger partial charge in [-0.15, -0.1) is 0 Å². The van der Waals surface area contributed by atoms with Gasteiger partial charge in [0.1, 0.15) is 12.2 Å². The zero-order valence-electron chi connectivity index (χ0n) is 19.1. The van der Waals surface area contributed by atoms with Gasteiger partial charge in [0.25, 0.3) is 0 Å². The largest absolute Gasteiger partial charge is 0.459 e. The summed E-state index contributed by atoms with van der Waals surface area (Å²) in [6, 6.07) is 0. The molecule has 7 unspecified atom stereocenters. The number of hydrogen-bond donors (Lipinski definition) is 3. The van der Waals surface area contributed by atoms with Crippen molar-refractivity contribution in [2.75, 3.05) is 6.54 Å². The van der Waals surface area contributed by atoms with Crippen molar-refractivity contribution in [3.8, 4) is 0 Å². The van der Waals surface area contributed by atoms with E-state index in [1.54, 1.807) is 0 Å². The summed E-state index contributed by atoms with van der Waals surface area (Å²) < 4.78 is 28.5. The van der Waals surface area contributed by atoms with Crippen molar-refractivity contribution in [1.82, 2.24) is 0 Å². The molecule has 4 N–H and O–H groups in total. The average Bonchev–Trinajstić information content (AvgIpc) is 3.46. The Kier molecular flexibility index (Phi) is 3.86. The van der Waals surface area contributed by atoms with Gasteiger partial charge in [-0.05, 0) is 24.7 Å². The Balaban J connectivity index is 1.69. The molecule has 34 heavy (non-hydrogen) atoms. The van der Waals surface area contributed by atoms with Crippen LogP contribution >= 0.6 is 0 Å². The molecule has 4 heterocycles. The number of esters is 4. The van der Waals surface area contributed by atoms with Crippen molar-refractivity contribution in [2.24, 2.45) is 33.8 Å². The first-order chi connectivity index (χ1) is 15.8. The van der Waals surface area contributed by atoms with Crippen LogP contribution in [0.2, 0.25) is 0 Å². The first-order valence-electron chi connectivity index (χ1n) is 11.4. The molecule has 0 bridgehead atoms. The van der Waals surface area contributed by atoms with Gasteiger partial charge in [0.2, 0.25) is 18.0 Å². The van der Waals surface area contributed by atoms with Gasteiger partial charge in [-0.3, -0.25) is 9.59 Å². The molecule has 0 aromatic rings. The molecule has 2 saturated carbocycles. The fourth-order valence-electron chi connectivity index (χ4n) is 8.42. The van der Waals surface area contributed by atoms with E-state index < -0.39 is 100 Å². The van der Waals surface area contributed by atoms with Gasteiger partial charge >= 0.3 is 23.9 Å². The van der Waals surface area contributed by atoms with Crippen LogP contribution in [0.3, 0.4) is 0 Å². The van der Waals surface area contributed by atoms with Crippen LogP contribution in [0.25, 0.3) is 0 Å². The second-order valence-corrected chi connectivity index (χ2v) is 11.3. The lowest BCUT2D eigenvalue weighted by Crippen LogP contribution is -2.67. The van der Waals surface area contributed by atoms with E-state index in [0.29, 0.717) is 0 Å². The lowest BCUT2D eigenvalue weighted by atomic mass is 9.51. The van der Waals surface area contributed by atoms with E-state index in [0.717, 1.165) is 0 Å². The van der Waals surface area contributed by atoms with E-state index in [-0.39, 0.29) is 6.42 Å². The third kappa shape index (κ3) is 1.77. The number of carbonyl (C=O) groups is 4. The number of carbonyl (C=O) groups excluding carboxylic acids is 4. The molecule has 4 aliphatic heterocycles. The lowest BCUT2D eigenvalue weighted by molar-refractivity contribution is -0.239. The monoisotopic (exact) mass is 481 g/mol. The molecule has 11 atom stereocenters. The molecular formula is C22H27NO11. The van der Waals surface area contributed by atoms with E-state index in [4.69, 9.17) is 29.4 Å². The van der Waals surface area contributed by atoms with Gasteiger partial charge < -0.3 is 39.6 Å². The Morgan fingerprint density at radius 2 is 1.85 bits per heavy atom. The quantitative estimate of drug-likeness (QED) is 0.296. The first-order valence-corrected chi connectivity index (χ1v) is 11.4. The fraction of sp³-hybridized carbons (Fsp3) is 0.818. The molecule has 12 heteroatoms. The molecule has 6 rings (SSSR count). The summed E-state index contributed by atoms with van der Waals surface area (Å²) in [5.74, 6) is -5.40. The Labute approximate surface area is 194 Å². The highest BCUT2D eigenvalue weighted by Crippen LogP contribution is 2.84. The smallest absolute Gasteiger partial charge is 0.350 e. The zero-order valence-corrected chi connectivity index (χ0v) is 19.1. The SMILES string of the molecule is C[C@@H]1C(=O)OC2[C@H](O)C34C5CC(C(C)(C)C)C36C(OC(=O)[C@@H]6OC(=O)CN)OC4(C(=O)O5)[C@]21O. The topological polar surface area (TPSA) is 181 Å². The number of ether oxygens (including phenoxy) is 5. The minimum Gasteiger partial charge on any atom is -0.459 e. The van der Waals surface area contributed by atoms with E-state index >= 15 is 0 Å². The number of fused-ring (bicyclic) bond motifs is 1. The van der Waals surface area contributed by atoms with Crippen molar-refractivity contribution < 1.29 is 53.1 Å². The second kappa shape index (κ2) is 5.92. The van der Waals surface area contributed by atoms with Crippen molar-refractivity contribution in [1.29, 1.82) is 0 Å². The highest BCUT2D eigenvalue weighted by molar-refractivity contribution is 5.94. The molecule has 6 fully saturated rings. The van der Waals surface area contributed by atoms with Gasteiger partial charge in [-0.2, -0.15) is 0 Å². The Bertz CT molecular complexity index is 1050. The normalized spacial score (nSPS) is 54.2. The molecular weight excluding hydrogens is 454 g/mol. The molecule has 6 aliphatic rings. The number of rotatable bonds is 2. The van der Waals surface area contributed by atoms with Crippen LogP contribution in [0.5, 0.6) is 0 Å². The van der Waals surface area contributed by atoms with Gasteiger partial charge in [-0.1, -0.05) is 20.8 Å². The number of aliphatic hydroxyl groups is 2. The van der Waals surface area contributed by atoms with Crippen LogP contribution in [0.15, 0.2) is 0 Å². The van der Waals surface area contributed by atoms with Gasteiger partial charge in [-0.25, -0.2) is 9.59 Å². The summed E-state index contributed by atoms with van der Waals surface area (Å²) in [4.78, 5) is 51.5. The molecule has 186 valence electrons. The van der Waals surface area contributed by atoms with E-state index in [2.05, 4.69) is 0 Å². The van der Waals surface area contributed by atoms with Crippen molar-refractivity contribution in [2.45, 2.75) is 76.0 Å². The zero-order chi connectivity index (χ0) is 24.8. The molecule has 2 spiro atoms. The third-order valence-electron chi connectivity index (χ3n) is 9.38. The van der Waals surface area contributed by atoms with Crippen molar-refractivity contribution >= 4 is 23.9 Å². The minimum atomic E-state index is -2.31. The lowest BCUT2D eigenvalue weighted by Gasteiger charge is -2.48. The van der Waals surface area contributed by atoms with E-state index in [9.17, 15) is 29.4 Å². The van der Waals surface area contributed by atoms with Crippen molar-refractivity contribution in [3.63, 3.8) is 0 Å². The molecule has 2 aliphatic carbocycles. The standard InChI is InChI=1S/C22H27NO11/c1-7-14(26)32-12-11(25)20-9-5-8(18(2,3)4)19(20)13(31-10(24)6-23)15(27)33-17(19)34-22(20,16(28)30-9)21(7,12)29/h7-9,11-13,17,25,29H,5-6,23H2,1-4H3/t7-,8?,9?,11+,12?,13+,17?,19?,20?,21-,22?/m1/s1. The van der Waals surface area contributed by atoms with E-state index in [1.165, 1.54) is 6.92 Å². The highest BCUT2D eigenvalue weighted by atomic mass is 16.8. The average molecular weight is 481 g/mol. The summed E-state index contributed by atoms with van der Waals surface area (Å²) in [6.45, 7) is 6.54. The van der Waals surface area contributed by atoms with Crippen LogP contribution in [0.4, 0.5) is 0 Å². The molecule has 12 nitrogen and oxygen atoms in total. The Hall–Kier alpha value is -2.28. The maximum Gasteiger partial charge on any atom is 0.350 e. The van der Waals surface area contributed by atoms with Gasteiger partial charge in [0.05, 0.1) is 23.3 Å². The molecule has 0 amide bonds. The highest BCUT2D eigenvalue weighted by Gasteiger charge is 3.04. The minimum absolute atomic E-state index is 0.173. The van der Waals surface area contributed by atoms with Crippen molar-refractivity contribution in [3.05, 3.63) is 0 Å². The van der Waals surface area contributed by atoms with Crippen LogP contribution in [0.1, 0.15) is 34.1 Å². The first kappa shape index (κ1) is 22.2. The maximum absolute atomic E-state index is 13.6. The molecule has 0 aromatic carbocycles. The summed E-state index contributed by atoms with van der Waals surface area (Å²) in [6.07, 6.45) is -7.12. The number of aliphatic hydroxyl groups excluding tert-OH is 1. The van der Waals surface area contributed by atoms with Gasteiger partial charge in [0, 0.05) is 0 Å². The predicted octanol–water partition coefficient (Wildman–Crippen LogP) is -1.86. The summed E-state index contributed by atoms with van der Waals surface area (Å²) in [5, 5.41) is 23.9. The summed E-state index contributed by atoms with van der Waals surface area (Å²) in [5.41, 5.74) is -3.18.